The lowest BCUT2D eigenvalue weighted by Crippen LogP contribution is -2.42. The molecule has 0 spiro atoms. The fourth-order valence-corrected chi connectivity index (χ4v) is 2.62. The van der Waals surface area contributed by atoms with Crippen LogP contribution in [0.15, 0.2) is 36.7 Å². The Bertz CT molecular complexity index is 570. The van der Waals surface area contributed by atoms with E-state index in [1.165, 1.54) is 4.90 Å². The number of benzene rings is 1. The second-order valence-electron chi connectivity index (χ2n) is 5.23. The summed E-state index contributed by atoms with van der Waals surface area (Å²) >= 11 is 0. The van der Waals surface area contributed by atoms with Crippen molar-refractivity contribution in [2.75, 3.05) is 6.54 Å². The SMILES string of the molecule is C=C(F)CCNC(=O)N1C(=N)CCC1c1ccccc1C. The molecular formula is C16H20FN3O. The van der Waals surface area contributed by atoms with Gasteiger partial charge in [-0.1, -0.05) is 30.8 Å². The van der Waals surface area contributed by atoms with E-state index in [2.05, 4.69) is 11.9 Å². The summed E-state index contributed by atoms with van der Waals surface area (Å²) in [6.45, 7) is 5.36. The molecule has 1 heterocycles. The third-order valence-corrected chi connectivity index (χ3v) is 3.70. The third kappa shape index (κ3) is 3.48. The maximum absolute atomic E-state index is 12.6. The van der Waals surface area contributed by atoms with Crippen LogP contribution in [0.4, 0.5) is 9.18 Å². The number of nitrogens with zero attached hydrogens (tertiary/aromatic N) is 1. The Hall–Kier alpha value is -2.17. The van der Waals surface area contributed by atoms with Gasteiger partial charge in [-0.2, -0.15) is 0 Å². The van der Waals surface area contributed by atoms with Crippen molar-refractivity contribution in [3.63, 3.8) is 0 Å². The van der Waals surface area contributed by atoms with Gasteiger partial charge in [-0.3, -0.25) is 10.3 Å². The van der Waals surface area contributed by atoms with Crippen molar-refractivity contribution in [2.24, 2.45) is 0 Å². The van der Waals surface area contributed by atoms with Crippen LogP contribution in [-0.2, 0) is 0 Å². The Labute approximate surface area is 124 Å². The summed E-state index contributed by atoms with van der Waals surface area (Å²) in [4.78, 5) is 13.7. The lowest BCUT2D eigenvalue weighted by atomic mass is 9.99. The molecule has 112 valence electrons. The van der Waals surface area contributed by atoms with Gasteiger partial charge in [-0.25, -0.2) is 9.18 Å². The summed E-state index contributed by atoms with van der Waals surface area (Å²) in [5, 5.41) is 10.6. The predicted octanol–water partition coefficient (Wildman–Crippen LogP) is 3.69. The molecule has 2 amide bonds. The molecule has 1 unspecified atom stereocenters. The van der Waals surface area contributed by atoms with E-state index in [-0.39, 0.29) is 25.0 Å². The third-order valence-electron chi connectivity index (χ3n) is 3.70. The summed E-state index contributed by atoms with van der Waals surface area (Å²) < 4.78 is 12.6. The van der Waals surface area contributed by atoms with Crippen LogP contribution in [0.1, 0.15) is 36.4 Å². The maximum Gasteiger partial charge on any atom is 0.323 e. The summed E-state index contributed by atoms with van der Waals surface area (Å²) in [6.07, 6.45) is 1.41. The van der Waals surface area contributed by atoms with Crippen molar-refractivity contribution in [3.05, 3.63) is 47.8 Å². The van der Waals surface area contributed by atoms with Gasteiger partial charge in [-0.15, -0.1) is 0 Å². The number of carbonyl (C=O) groups is 1. The van der Waals surface area contributed by atoms with Gasteiger partial charge in [0.25, 0.3) is 0 Å². The minimum absolute atomic E-state index is 0.0992. The number of nitrogens with one attached hydrogen (secondary N) is 2. The molecule has 0 aliphatic carbocycles. The van der Waals surface area contributed by atoms with E-state index in [9.17, 15) is 9.18 Å². The summed E-state index contributed by atoms with van der Waals surface area (Å²) in [6, 6.07) is 7.42. The molecule has 1 fully saturated rings. The van der Waals surface area contributed by atoms with Crippen molar-refractivity contribution in [2.45, 2.75) is 32.2 Å². The van der Waals surface area contributed by atoms with Gasteiger partial charge in [0.15, 0.2) is 0 Å². The highest BCUT2D eigenvalue weighted by Crippen LogP contribution is 2.34. The van der Waals surface area contributed by atoms with Crippen molar-refractivity contribution >= 4 is 11.9 Å². The predicted molar refractivity (Wildman–Crippen MR) is 81.0 cm³/mol. The first kappa shape index (κ1) is 15.2. The number of halogens is 1. The van der Waals surface area contributed by atoms with Crippen LogP contribution in [0.5, 0.6) is 0 Å². The smallest absolute Gasteiger partial charge is 0.323 e. The van der Waals surface area contributed by atoms with Gasteiger partial charge in [0.1, 0.15) is 5.84 Å². The van der Waals surface area contributed by atoms with E-state index < -0.39 is 5.83 Å². The molecule has 1 atom stereocenters. The normalized spacial score (nSPS) is 17.9. The maximum atomic E-state index is 12.6. The van der Waals surface area contributed by atoms with Gasteiger partial charge in [-0.05, 0) is 24.5 Å². The zero-order chi connectivity index (χ0) is 15.4. The minimum Gasteiger partial charge on any atom is -0.337 e. The molecule has 1 saturated heterocycles. The zero-order valence-electron chi connectivity index (χ0n) is 12.2. The summed E-state index contributed by atoms with van der Waals surface area (Å²) in [5.74, 6) is -0.151. The van der Waals surface area contributed by atoms with Gasteiger partial charge in [0, 0.05) is 19.4 Å². The van der Waals surface area contributed by atoms with E-state index >= 15 is 0 Å². The van der Waals surface area contributed by atoms with Gasteiger partial charge in [0.05, 0.1) is 11.9 Å². The number of hydrogen-bond acceptors (Lipinski definition) is 2. The van der Waals surface area contributed by atoms with E-state index in [0.29, 0.717) is 12.3 Å². The molecule has 21 heavy (non-hydrogen) atoms. The molecule has 0 saturated carbocycles. The van der Waals surface area contributed by atoms with Crippen LogP contribution in [0.2, 0.25) is 0 Å². The van der Waals surface area contributed by atoms with E-state index in [0.717, 1.165) is 17.5 Å². The molecule has 5 heteroatoms. The number of rotatable bonds is 4. The largest absolute Gasteiger partial charge is 0.337 e. The first-order valence-corrected chi connectivity index (χ1v) is 7.04. The van der Waals surface area contributed by atoms with E-state index in [1.807, 2.05) is 31.2 Å². The highest BCUT2D eigenvalue weighted by Gasteiger charge is 2.34. The first-order chi connectivity index (χ1) is 10.0. The van der Waals surface area contributed by atoms with Gasteiger partial charge >= 0.3 is 6.03 Å². The van der Waals surface area contributed by atoms with Crippen LogP contribution in [0.3, 0.4) is 0 Å². The van der Waals surface area contributed by atoms with Crippen molar-refractivity contribution < 1.29 is 9.18 Å². The second-order valence-corrected chi connectivity index (χ2v) is 5.23. The number of amidine groups is 1. The molecular weight excluding hydrogens is 269 g/mol. The highest BCUT2D eigenvalue weighted by atomic mass is 19.1. The average Bonchev–Trinajstić information content (AvgIpc) is 2.80. The molecule has 1 aliphatic heterocycles. The average molecular weight is 289 g/mol. The quantitative estimate of drug-likeness (QED) is 0.872. The number of urea groups is 1. The lowest BCUT2D eigenvalue weighted by Gasteiger charge is -2.26. The molecule has 2 N–H and O–H groups in total. The van der Waals surface area contributed by atoms with Crippen LogP contribution in [0, 0.1) is 12.3 Å². The standard InChI is InChI=1S/C16H20FN3O/c1-11-5-3-4-6-13(11)14-7-8-15(18)20(14)16(21)19-10-9-12(2)17/h3-6,14,18H,2,7-10H2,1H3,(H,19,21). The monoisotopic (exact) mass is 289 g/mol. The number of likely N-dealkylation sites (tertiary alicyclic amines) is 1. The first-order valence-electron chi connectivity index (χ1n) is 7.04. The Kier molecular flexibility index (Phi) is 4.73. The van der Waals surface area contributed by atoms with Crippen LogP contribution < -0.4 is 5.32 Å². The van der Waals surface area contributed by atoms with Gasteiger partial charge < -0.3 is 5.32 Å². The van der Waals surface area contributed by atoms with E-state index in [1.54, 1.807) is 0 Å². The number of hydrogen-bond donors (Lipinski definition) is 2. The lowest BCUT2D eigenvalue weighted by molar-refractivity contribution is 0.212. The van der Waals surface area contributed by atoms with Crippen molar-refractivity contribution in [1.29, 1.82) is 5.41 Å². The number of amides is 2. The molecule has 0 radical (unpaired) electrons. The number of carbonyl (C=O) groups excluding carboxylic acids is 1. The zero-order valence-corrected chi connectivity index (χ0v) is 12.2. The van der Waals surface area contributed by atoms with Crippen LogP contribution in [-0.4, -0.2) is 23.3 Å². The Morgan fingerprint density at radius 1 is 1.52 bits per heavy atom. The topological polar surface area (TPSA) is 56.2 Å². The van der Waals surface area contributed by atoms with Crippen LogP contribution >= 0.6 is 0 Å². The Morgan fingerprint density at radius 2 is 2.24 bits per heavy atom. The van der Waals surface area contributed by atoms with E-state index in [4.69, 9.17) is 5.41 Å². The molecule has 0 bridgehead atoms. The number of aryl methyl sites for hydroxylation is 1. The van der Waals surface area contributed by atoms with Gasteiger partial charge in [0.2, 0.25) is 0 Å². The molecule has 1 aliphatic rings. The fourth-order valence-electron chi connectivity index (χ4n) is 2.62. The molecule has 1 aromatic carbocycles. The van der Waals surface area contributed by atoms with Crippen molar-refractivity contribution in [1.82, 2.24) is 10.2 Å². The summed E-state index contributed by atoms with van der Waals surface area (Å²) in [5.41, 5.74) is 2.16. The summed E-state index contributed by atoms with van der Waals surface area (Å²) in [7, 11) is 0. The van der Waals surface area contributed by atoms with Crippen molar-refractivity contribution in [3.8, 4) is 0 Å². The minimum atomic E-state index is -0.456. The molecule has 0 aromatic heterocycles. The Morgan fingerprint density at radius 3 is 2.90 bits per heavy atom. The second kappa shape index (κ2) is 6.52. The fraction of sp³-hybridized carbons (Fsp3) is 0.375. The molecule has 1 aromatic rings. The molecule has 2 rings (SSSR count). The molecule has 4 nitrogen and oxygen atoms in total. The van der Waals surface area contributed by atoms with Crippen LogP contribution in [0.25, 0.3) is 0 Å². The highest BCUT2D eigenvalue weighted by molar-refractivity contribution is 5.98. The Balaban J connectivity index is 2.12.